The van der Waals surface area contributed by atoms with Crippen molar-refractivity contribution in [2.45, 2.75) is 12.3 Å². The Morgan fingerprint density at radius 1 is 0.500 bits per heavy atom. The van der Waals surface area contributed by atoms with E-state index in [9.17, 15) is 0 Å². The molecule has 1 unspecified atom stereocenters. The van der Waals surface area contributed by atoms with Gasteiger partial charge in [-0.25, -0.2) is 15.0 Å². The maximum absolute atomic E-state index is 6.48. The summed E-state index contributed by atoms with van der Waals surface area (Å²) in [4.78, 5) is 15.6. The van der Waals surface area contributed by atoms with Crippen molar-refractivity contribution in [1.82, 2.24) is 15.0 Å². The molecule has 3 aromatic heterocycles. The zero-order valence-corrected chi connectivity index (χ0v) is 31.1. The van der Waals surface area contributed by atoms with Gasteiger partial charge < -0.3 is 4.42 Å². The minimum atomic E-state index is 0.221. The van der Waals surface area contributed by atoms with Crippen molar-refractivity contribution in [3.8, 4) is 45.3 Å². The van der Waals surface area contributed by atoms with Crippen LogP contribution in [0.25, 0.3) is 93.0 Å². The molecule has 3 heterocycles. The monoisotopic (exact) mass is 735 g/mol. The number of thiophene rings is 1. The predicted molar refractivity (Wildman–Crippen MR) is 233 cm³/mol. The number of benzene rings is 7. The molecule has 0 radical (unpaired) electrons. The topological polar surface area (TPSA) is 51.8 Å². The quantitative estimate of drug-likeness (QED) is 0.171. The van der Waals surface area contributed by atoms with E-state index in [1.54, 1.807) is 0 Å². The van der Waals surface area contributed by atoms with E-state index < -0.39 is 0 Å². The van der Waals surface area contributed by atoms with Crippen LogP contribution in [0.1, 0.15) is 23.5 Å². The van der Waals surface area contributed by atoms with E-state index in [1.165, 1.54) is 42.6 Å². The minimum absolute atomic E-state index is 0.221. The van der Waals surface area contributed by atoms with Crippen LogP contribution in [0.2, 0.25) is 0 Å². The Morgan fingerprint density at radius 3 is 2.05 bits per heavy atom. The first kappa shape index (κ1) is 32.5. The first-order valence-corrected chi connectivity index (χ1v) is 19.8. The molecular weight excluding hydrogens is 703 g/mol. The molecule has 0 N–H and O–H groups in total. The number of para-hydroxylation sites is 2. The molecule has 10 aromatic rings. The second kappa shape index (κ2) is 13.4. The molecule has 264 valence electrons. The SMILES string of the molecule is C1=CCC(c2ccccc2-c2ccccc2)C(c2ccc3sc4cccc(-c5nc(-c6ccccc6)nc(-c6cccc7c6oc6ccccc67)n5)c4c3c2)=C1. The normalized spacial score (nSPS) is 14.2. The molecule has 5 heteroatoms. The maximum Gasteiger partial charge on any atom is 0.167 e. The molecule has 0 fully saturated rings. The maximum atomic E-state index is 6.48. The molecule has 1 aliphatic carbocycles. The van der Waals surface area contributed by atoms with Gasteiger partial charge in [0.2, 0.25) is 0 Å². The van der Waals surface area contributed by atoms with Crippen molar-refractivity contribution in [2.24, 2.45) is 0 Å². The van der Waals surface area contributed by atoms with Crippen LogP contribution in [0, 0.1) is 0 Å². The molecule has 0 bridgehead atoms. The Bertz CT molecular complexity index is 3180. The van der Waals surface area contributed by atoms with Crippen LogP contribution < -0.4 is 0 Å². The second-order valence-electron chi connectivity index (χ2n) is 14.2. The average molecular weight is 736 g/mol. The third kappa shape index (κ3) is 5.47. The van der Waals surface area contributed by atoms with Crippen molar-refractivity contribution in [3.63, 3.8) is 0 Å². The molecule has 7 aromatic carbocycles. The largest absolute Gasteiger partial charge is 0.455 e. The van der Waals surface area contributed by atoms with Crippen molar-refractivity contribution < 1.29 is 4.42 Å². The summed E-state index contributed by atoms with van der Waals surface area (Å²) in [7, 11) is 0. The lowest BCUT2D eigenvalue weighted by atomic mass is 9.79. The molecule has 0 saturated heterocycles. The zero-order valence-electron chi connectivity index (χ0n) is 30.3. The standard InChI is InChI=1S/C51H33N3OS/c1-3-15-32(16-4-1)35-19-7-9-21-37(35)38-22-10-8-20-36(38)34-29-30-45-43(31-34)47-41(25-14-28-46(47)56-45)50-52-49(33-17-5-2-6-18-33)53-51(54-50)42-26-13-24-40-39-23-11-12-27-44(39)55-48(40)42/h1-21,23-31,38H,22H2. The number of rotatable bonds is 6. The Labute approximate surface area is 327 Å². The number of furan rings is 1. The Kier molecular flexibility index (Phi) is 7.78. The highest BCUT2D eigenvalue weighted by atomic mass is 32.1. The van der Waals surface area contributed by atoms with Gasteiger partial charge in [0.25, 0.3) is 0 Å². The number of aromatic nitrogens is 3. The number of nitrogens with zero attached hydrogens (tertiary/aromatic N) is 3. The fourth-order valence-electron chi connectivity index (χ4n) is 8.35. The van der Waals surface area contributed by atoms with Crippen LogP contribution in [0.15, 0.2) is 186 Å². The van der Waals surface area contributed by atoms with Gasteiger partial charge in [-0.15, -0.1) is 11.3 Å². The molecule has 1 atom stereocenters. The Balaban J connectivity index is 1.09. The third-order valence-corrected chi connectivity index (χ3v) is 12.1. The van der Waals surface area contributed by atoms with Crippen LogP contribution >= 0.6 is 11.3 Å². The highest BCUT2D eigenvalue weighted by molar-refractivity contribution is 7.25. The summed E-state index contributed by atoms with van der Waals surface area (Å²) < 4.78 is 8.91. The van der Waals surface area contributed by atoms with Crippen molar-refractivity contribution in [2.75, 3.05) is 0 Å². The van der Waals surface area contributed by atoms with Crippen LogP contribution in [-0.4, -0.2) is 15.0 Å². The van der Waals surface area contributed by atoms with Gasteiger partial charge in [0.05, 0.1) is 5.56 Å². The highest BCUT2D eigenvalue weighted by Gasteiger charge is 2.24. The Hall–Kier alpha value is -6.95. The molecule has 4 nitrogen and oxygen atoms in total. The third-order valence-electron chi connectivity index (χ3n) is 11.0. The van der Waals surface area contributed by atoms with Crippen LogP contribution in [0.4, 0.5) is 0 Å². The molecule has 0 saturated carbocycles. The first-order valence-electron chi connectivity index (χ1n) is 19.0. The highest BCUT2D eigenvalue weighted by Crippen LogP contribution is 2.45. The van der Waals surface area contributed by atoms with Crippen LogP contribution in [0.5, 0.6) is 0 Å². The minimum Gasteiger partial charge on any atom is -0.455 e. The summed E-state index contributed by atoms with van der Waals surface area (Å²) in [6.45, 7) is 0. The lowest BCUT2D eigenvalue weighted by Crippen LogP contribution is -2.06. The summed E-state index contributed by atoms with van der Waals surface area (Å²) in [5.41, 5.74) is 10.8. The fraction of sp³-hybridized carbons (Fsp3) is 0.0392. The molecular formula is C51H33N3OS. The Morgan fingerprint density at radius 2 is 1.18 bits per heavy atom. The first-order chi connectivity index (χ1) is 27.8. The van der Waals surface area contributed by atoms with Gasteiger partial charge >= 0.3 is 0 Å². The number of hydrogen-bond donors (Lipinski definition) is 0. The predicted octanol–water partition coefficient (Wildman–Crippen LogP) is 13.9. The summed E-state index contributed by atoms with van der Waals surface area (Å²) in [6.07, 6.45) is 7.74. The van der Waals surface area contributed by atoms with E-state index in [0.717, 1.165) is 50.4 Å². The van der Waals surface area contributed by atoms with Crippen molar-refractivity contribution >= 4 is 59.0 Å². The second-order valence-corrected chi connectivity index (χ2v) is 15.3. The van der Waals surface area contributed by atoms with E-state index in [1.807, 2.05) is 53.8 Å². The van der Waals surface area contributed by atoms with Gasteiger partial charge in [-0.1, -0.05) is 152 Å². The molecule has 1 aliphatic rings. The molecule has 0 spiro atoms. The molecule has 56 heavy (non-hydrogen) atoms. The summed E-state index contributed by atoms with van der Waals surface area (Å²) in [6, 6.07) is 57.5. The van der Waals surface area contributed by atoms with E-state index in [2.05, 4.69) is 140 Å². The van der Waals surface area contributed by atoms with Crippen molar-refractivity contribution in [3.05, 3.63) is 193 Å². The fourth-order valence-corrected chi connectivity index (χ4v) is 9.46. The van der Waals surface area contributed by atoms with Gasteiger partial charge in [0.15, 0.2) is 17.5 Å². The van der Waals surface area contributed by atoms with Crippen LogP contribution in [-0.2, 0) is 0 Å². The van der Waals surface area contributed by atoms with E-state index in [0.29, 0.717) is 17.5 Å². The van der Waals surface area contributed by atoms with E-state index in [4.69, 9.17) is 19.4 Å². The summed E-state index contributed by atoms with van der Waals surface area (Å²) in [5, 5.41) is 4.46. The smallest absolute Gasteiger partial charge is 0.167 e. The van der Waals surface area contributed by atoms with E-state index >= 15 is 0 Å². The van der Waals surface area contributed by atoms with Crippen molar-refractivity contribution in [1.29, 1.82) is 0 Å². The molecule has 0 amide bonds. The number of fused-ring (bicyclic) bond motifs is 6. The summed E-state index contributed by atoms with van der Waals surface area (Å²) >= 11 is 1.81. The van der Waals surface area contributed by atoms with Gasteiger partial charge in [-0.05, 0) is 64.6 Å². The average Bonchev–Trinajstić information content (AvgIpc) is 3.85. The zero-order chi connectivity index (χ0) is 37.0. The molecule has 0 aliphatic heterocycles. The summed E-state index contributed by atoms with van der Waals surface area (Å²) in [5.74, 6) is 2.05. The van der Waals surface area contributed by atoms with Gasteiger partial charge in [0, 0.05) is 48.0 Å². The van der Waals surface area contributed by atoms with Gasteiger partial charge in [-0.2, -0.15) is 0 Å². The number of allylic oxidation sites excluding steroid dienone is 4. The van der Waals surface area contributed by atoms with Crippen LogP contribution in [0.3, 0.4) is 0 Å². The van der Waals surface area contributed by atoms with E-state index in [-0.39, 0.29) is 5.92 Å². The van der Waals surface area contributed by atoms with Gasteiger partial charge in [-0.3, -0.25) is 0 Å². The molecule has 11 rings (SSSR count). The lowest BCUT2D eigenvalue weighted by molar-refractivity contribution is 0.669. The van der Waals surface area contributed by atoms with Gasteiger partial charge in [0.1, 0.15) is 11.2 Å². The lowest BCUT2D eigenvalue weighted by Gasteiger charge is -2.25. The number of hydrogen-bond acceptors (Lipinski definition) is 5.